The molecule has 4 saturated carbocycles. The molecule has 3 nitrogen and oxygen atoms in total. The van der Waals surface area contributed by atoms with Crippen LogP contribution in [0.2, 0.25) is 0 Å². The normalized spacial score (nSPS) is 64.1. The van der Waals surface area contributed by atoms with Crippen molar-refractivity contribution < 1.29 is 14.3 Å². The Labute approximate surface area is 88.2 Å². The van der Waals surface area contributed by atoms with Crippen molar-refractivity contribution in [2.75, 3.05) is 0 Å². The van der Waals surface area contributed by atoms with Crippen molar-refractivity contribution in [1.82, 2.24) is 0 Å². The molecule has 3 heteroatoms. The molecule has 0 amide bonds. The van der Waals surface area contributed by atoms with Crippen molar-refractivity contribution in [1.29, 1.82) is 0 Å². The molecule has 0 aromatic rings. The zero-order chi connectivity index (χ0) is 10.7. The van der Waals surface area contributed by atoms with Gasteiger partial charge in [0.15, 0.2) is 0 Å². The van der Waals surface area contributed by atoms with Crippen LogP contribution in [0.25, 0.3) is 0 Å². The molecule has 0 N–H and O–H groups in total. The van der Waals surface area contributed by atoms with E-state index in [2.05, 4.69) is 13.8 Å². The standard InChI is InChI=1S/C12H14O3/c1-9-3-11-5-10(9,2)6-12(11,4-9)8(14)15-7(11)13/h3-6H2,1-2H3. The summed E-state index contributed by atoms with van der Waals surface area (Å²) in [6.07, 6.45) is 3.50. The maximum atomic E-state index is 11.9. The van der Waals surface area contributed by atoms with Crippen LogP contribution in [-0.2, 0) is 14.3 Å². The number of rotatable bonds is 0. The molecule has 0 aromatic carbocycles. The van der Waals surface area contributed by atoms with Gasteiger partial charge in [-0.2, -0.15) is 0 Å². The van der Waals surface area contributed by atoms with E-state index >= 15 is 0 Å². The summed E-state index contributed by atoms with van der Waals surface area (Å²) in [5.74, 6) is -0.449. The van der Waals surface area contributed by atoms with Crippen LogP contribution >= 0.6 is 0 Å². The van der Waals surface area contributed by atoms with E-state index < -0.39 is 10.8 Å². The molecule has 5 aliphatic rings. The first-order chi connectivity index (χ1) is 6.88. The minimum absolute atomic E-state index is 0.197. The third kappa shape index (κ3) is 0.499. The second-order valence-electron chi connectivity index (χ2n) is 6.67. The largest absolute Gasteiger partial charge is 0.392 e. The smallest absolute Gasteiger partial charge is 0.320 e. The molecule has 0 aromatic heterocycles. The average molecular weight is 206 g/mol. The first-order valence-electron chi connectivity index (χ1n) is 5.64. The van der Waals surface area contributed by atoms with Gasteiger partial charge in [0.05, 0.1) is 10.8 Å². The van der Waals surface area contributed by atoms with Crippen molar-refractivity contribution in [3.63, 3.8) is 0 Å². The second-order valence-corrected chi connectivity index (χ2v) is 6.67. The molecule has 4 bridgehead atoms. The SMILES string of the molecule is CC12CC34CC1(C)CC3(C2)C(=O)OC4=O. The molecular weight excluding hydrogens is 192 g/mol. The molecule has 5 rings (SSSR count). The molecule has 15 heavy (non-hydrogen) atoms. The lowest BCUT2D eigenvalue weighted by Crippen LogP contribution is -2.35. The highest BCUT2D eigenvalue weighted by atomic mass is 16.6. The highest BCUT2D eigenvalue weighted by Crippen LogP contribution is 2.88. The van der Waals surface area contributed by atoms with Crippen LogP contribution in [-0.4, -0.2) is 11.9 Å². The van der Waals surface area contributed by atoms with Gasteiger partial charge >= 0.3 is 11.9 Å². The van der Waals surface area contributed by atoms with Gasteiger partial charge in [-0.3, -0.25) is 9.59 Å². The third-order valence-electron chi connectivity index (χ3n) is 6.11. The minimum atomic E-state index is -0.423. The minimum Gasteiger partial charge on any atom is -0.392 e. The zero-order valence-corrected chi connectivity index (χ0v) is 9.05. The van der Waals surface area contributed by atoms with Gasteiger partial charge in [-0.05, 0) is 36.5 Å². The summed E-state index contributed by atoms with van der Waals surface area (Å²) >= 11 is 0. The van der Waals surface area contributed by atoms with Crippen LogP contribution in [0.5, 0.6) is 0 Å². The van der Waals surface area contributed by atoms with Gasteiger partial charge in [0, 0.05) is 0 Å². The lowest BCUT2D eigenvalue weighted by Gasteiger charge is -2.33. The van der Waals surface area contributed by atoms with Gasteiger partial charge in [0.1, 0.15) is 0 Å². The van der Waals surface area contributed by atoms with Gasteiger partial charge < -0.3 is 4.74 Å². The summed E-state index contributed by atoms with van der Waals surface area (Å²) < 4.78 is 4.90. The van der Waals surface area contributed by atoms with Gasteiger partial charge in [-0.15, -0.1) is 0 Å². The Morgan fingerprint density at radius 1 is 0.867 bits per heavy atom. The fourth-order valence-corrected chi connectivity index (χ4v) is 5.40. The summed E-state index contributed by atoms with van der Waals surface area (Å²) in [5, 5.41) is 0. The summed E-state index contributed by atoms with van der Waals surface area (Å²) in [6.45, 7) is 4.49. The number of hydrogen-bond acceptors (Lipinski definition) is 3. The molecule has 1 saturated heterocycles. The number of hydrogen-bond donors (Lipinski definition) is 0. The Morgan fingerprint density at radius 3 is 1.53 bits per heavy atom. The monoisotopic (exact) mass is 206 g/mol. The lowest BCUT2D eigenvalue weighted by molar-refractivity contribution is -0.156. The Kier molecular flexibility index (Phi) is 0.921. The second kappa shape index (κ2) is 1.66. The first-order valence-corrected chi connectivity index (χ1v) is 5.64. The quantitative estimate of drug-likeness (QED) is 0.447. The number of esters is 2. The molecular formula is C12H14O3. The van der Waals surface area contributed by atoms with E-state index in [4.69, 9.17) is 4.74 Å². The number of carbonyl (C=O) groups excluding carboxylic acids is 2. The van der Waals surface area contributed by atoms with Gasteiger partial charge in [-0.1, -0.05) is 13.8 Å². The topological polar surface area (TPSA) is 43.4 Å². The van der Waals surface area contributed by atoms with Crippen molar-refractivity contribution in [3.8, 4) is 0 Å². The van der Waals surface area contributed by atoms with Crippen molar-refractivity contribution in [2.45, 2.75) is 39.5 Å². The zero-order valence-electron chi connectivity index (χ0n) is 9.05. The number of ether oxygens (including phenoxy) is 1. The summed E-state index contributed by atoms with van der Waals surface area (Å²) in [5.41, 5.74) is -0.453. The number of cyclic esters (lactones) is 2. The molecule has 0 radical (unpaired) electrons. The summed E-state index contributed by atoms with van der Waals surface area (Å²) in [6, 6.07) is 0. The van der Waals surface area contributed by atoms with Crippen molar-refractivity contribution in [3.05, 3.63) is 0 Å². The fraction of sp³-hybridized carbons (Fsp3) is 0.833. The Balaban J connectivity index is 2.05. The molecule has 4 aliphatic carbocycles. The van der Waals surface area contributed by atoms with E-state index in [9.17, 15) is 9.59 Å². The van der Waals surface area contributed by atoms with E-state index in [1.165, 1.54) is 0 Å². The summed E-state index contributed by atoms with van der Waals surface area (Å²) in [4.78, 5) is 23.8. The molecule has 1 aliphatic heterocycles. The van der Waals surface area contributed by atoms with E-state index in [0.29, 0.717) is 0 Å². The van der Waals surface area contributed by atoms with Gasteiger partial charge in [-0.25, -0.2) is 0 Å². The van der Waals surface area contributed by atoms with Crippen LogP contribution in [0.4, 0.5) is 0 Å². The maximum Gasteiger partial charge on any atom is 0.320 e. The van der Waals surface area contributed by atoms with Crippen LogP contribution in [0.15, 0.2) is 0 Å². The maximum absolute atomic E-state index is 11.9. The first kappa shape index (κ1) is 8.31. The predicted molar refractivity (Wildman–Crippen MR) is 50.6 cm³/mol. The van der Waals surface area contributed by atoms with E-state index in [-0.39, 0.29) is 22.8 Å². The van der Waals surface area contributed by atoms with Crippen LogP contribution in [0, 0.1) is 21.7 Å². The molecule has 0 atom stereocenters. The highest BCUT2D eigenvalue weighted by molar-refractivity contribution is 6.04. The molecule has 80 valence electrons. The van der Waals surface area contributed by atoms with Crippen molar-refractivity contribution >= 4 is 11.9 Å². The Bertz CT molecular complexity index is 382. The van der Waals surface area contributed by atoms with Crippen LogP contribution in [0.3, 0.4) is 0 Å². The Morgan fingerprint density at radius 2 is 1.20 bits per heavy atom. The van der Waals surface area contributed by atoms with Crippen LogP contribution in [0.1, 0.15) is 39.5 Å². The van der Waals surface area contributed by atoms with Gasteiger partial charge in [0.25, 0.3) is 0 Å². The third-order valence-corrected chi connectivity index (χ3v) is 6.11. The lowest BCUT2D eigenvalue weighted by atomic mass is 9.70. The average Bonchev–Trinajstić information content (AvgIpc) is 2.67. The van der Waals surface area contributed by atoms with E-state index in [1.54, 1.807) is 0 Å². The molecule has 5 fully saturated rings. The van der Waals surface area contributed by atoms with E-state index in [0.717, 1.165) is 25.7 Å². The van der Waals surface area contributed by atoms with Gasteiger partial charge in [0.2, 0.25) is 0 Å². The predicted octanol–water partition coefficient (Wildman–Crippen LogP) is 1.66. The molecule has 2 spiro atoms. The molecule has 1 heterocycles. The van der Waals surface area contributed by atoms with E-state index in [1.807, 2.05) is 0 Å². The number of carbonyl (C=O) groups is 2. The highest BCUT2D eigenvalue weighted by Gasteiger charge is 2.88. The summed E-state index contributed by atoms with van der Waals surface area (Å²) in [7, 11) is 0. The molecule has 0 unspecified atom stereocenters. The Hall–Kier alpha value is -0.860. The van der Waals surface area contributed by atoms with Crippen LogP contribution < -0.4 is 0 Å². The fourth-order valence-electron chi connectivity index (χ4n) is 5.40. The van der Waals surface area contributed by atoms with Crippen molar-refractivity contribution in [2.24, 2.45) is 21.7 Å².